The van der Waals surface area contributed by atoms with Crippen molar-refractivity contribution in [2.24, 2.45) is 5.16 Å². The molecular weight excluding hydrogens is 342 g/mol. The first-order valence-corrected chi connectivity index (χ1v) is 8.06. The molecule has 0 aromatic heterocycles. The first-order chi connectivity index (χ1) is 12.6. The number of aryl methyl sites for hydroxylation is 1. The Balaban J connectivity index is 1.73. The molecule has 0 aliphatic rings. The minimum absolute atomic E-state index is 0.0162. The summed E-state index contributed by atoms with van der Waals surface area (Å²) in [4.78, 5) is 16.6. The number of halogens is 2. The molecule has 1 amide bonds. The first-order valence-electron chi connectivity index (χ1n) is 8.06. The van der Waals surface area contributed by atoms with Crippen molar-refractivity contribution in [3.63, 3.8) is 0 Å². The standard InChI is InChI=1S/C19H20F2N2O3/c1-14-6-2-3-7-15(14)10-11-22-18(24)13-25-23-12-16-8-4-5-9-17(16)26-19(20)21/h2-9,12,19H,10-11,13H2,1H3,(H,22,24)/b23-12+. The second-order valence-corrected chi connectivity index (χ2v) is 5.45. The molecule has 0 aliphatic heterocycles. The van der Waals surface area contributed by atoms with E-state index in [2.05, 4.69) is 15.2 Å². The van der Waals surface area contributed by atoms with Gasteiger partial charge in [0.15, 0.2) is 6.61 Å². The highest BCUT2D eigenvalue weighted by molar-refractivity contribution is 5.83. The van der Waals surface area contributed by atoms with Crippen LogP contribution in [0.1, 0.15) is 16.7 Å². The van der Waals surface area contributed by atoms with Gasteiger partial charge in [0.1, 0.15) is 5.75 Å². The highest BCUT2D eigenvalue weighted by atomic mass is 19.3. The van der Waals surface area contributed by atoms with E-state index >= 15 is 0 Å². The number of amides is 1. The summed E-state index contributed by atoms with van der Waals surface area (Å²) in [5.74, 6) is -0.328. The van der Waals surface area contributed by atoms with Crippen molar-refractivity contribution in [3.8, 4) is 5.75 Å². The van der Waals surface area contributed by atoms with E-state index in [0.29, 0.717) is 12.1 Å². The average Bonchev–Trinajstić information content (AvgIpc) is 2.61. The molecule has 2 aromatic carbocycles. The molecule has 0 saturated carbocycles. The third kappa shape index (κ3) is 6.51. The van der Waals surface area contributed by atoms with Gasteiger partial charge < -0.3 is 14.9 Å². The molecule has 2 rings (SSSR count). The van der Waals surface area contributed by atoms with Gasteiger partial charge in [0.2, 0.25) is 0 Å². The number of rotatable bonds is 9. The Morgan fingerprint density at radius 2 is 1.92 bits per heavy atom. The van der Waals surface area contributed by atoms with Crippen molar-refractivity contribution in [1.29, 1.82) is 0 Å². The molecular formula is C19H20F2N2O3. The molecule has 0 atom stereocenters. The van der Waals surface area contributed by atoms with Gasteiger partial charge in [0, 0.05) is 12.1 Å². The number of carbonyl (C=O) groups is 1. The Hall–Kier alpha value is -2.96. The number of ether oxygens (including phenoxy) is 1. The highest BCUT2D eigenvalue weighted by Gasteiger charge is 2.07. The quantitative estimate of drug-likeness (QED) is 0.550. The van der Waals surface area contributed by atoms with E-state index in [9.17, 15) is 13.6 Å². The predicted molar refractivity (Wildman–Crippen MR) is 94.5 cm³/mol. The highest BCUT2D eigenvalue weighted by Crippen LogP contribution is 2.18. The van der Waals surface area contributed by atoms with Crippen LogP contribution < -0.4 is 10.1 Å². The van der Waals surface area contributed by atoms with Gasteiger partial charge in [0.25, 0.3) is 5.91 Å². The van der Waals surface area contributed by atoms with E-state index in [4.69, 9.17) is 4.84 Å². The lowest BCUT2D eigenvalue weighted by Gasteiger charge is -2.07. The first kappa shape index (κ1) is 19.4. The molecule has 0 aliphatic carbocycles. The molecule has 138 valence electrons. The Bertz CT molecular complexity index is 751. The molecule has 0 spiro atoms. The lowest BCUT2D eigenvalue weighted by molar-refractivity contribution is -0.125. The molecule has 7 heteroatoms. The number of nitrogens with zero attached hydrogens (tertiary/aromatic N) is 1. The maximum Gasteiger partial charge on any atom is 0.387 e. The predicted octanol–water partition coefficient (Wildman–Crippen LogP) is 3.31. The molecule has 26 heavy (non-hydrogen) atoms. The van der Waals surface area contributed by atoms with E-state index < -0.39 is 6.61 Å². The number of nitrogens with one attached hydrogen (secondary N) is 1. The largest absolute Gasteiger partial charge is 0.434 e. The van der Waals surface area contributed by atoms with E-state index in [0.717, 1.165) is 6.42 Å². The van der Waals surface area contributed by atoms with Gasteiger partial charge in [-0.2, -0.15) is 8.78 Å². The van der Waals surface area contributed by atoms with Crippen LogP contribution in [0.2, 0.25) is 0 Å². The van der Waals surface area contributed by atoms with Crippen LogP contribution in [-0.4, -0.2) is 31.9 Å². The summed E-state index contributed by atoms with van der Waals surface area (Å²) < 4.78 is 29.0. The van der Waals surface area contributed by atoms with Crippen molar-refractivity contribution < 1.29 is 23.1 Å². The number of oxime groups is 1. The summed E-state index contributed by atoms with van der Waals surface area (Å²) >= 11 is 0. The third-order valence-electron chi connectivity index (χ3n) is 3.57. The molecule has 0 radical (unpaired) electrons. The molecule has 0 fully saturated rings. The maximum absolute atomic E-state index is 12.3. The van der Waals surface area contributed by atoms with Crippen LogP contribution in [0.5, 0.6) is 5.75 Å². The monoisotopic (exact) mass is 362 g/mol. The lowest BCUT2D eigenvalue weighted by atomic mass is 10.1. The third-order valence-corrected chi connectivity index (χ3v) is 3.57. The molecule has 2 aromatic rings. The average molecular weight is 362 g/mol. The van der Waals surface area contributed by atoms with Crippen LogP contribution >= 0.6 is 0 Å². The van der Waals surface area contributed by atoms with Crippen LogP contribution in [-0.2, 0) is 16.1 Å². The Morgan fingerprint density at radius 3 is 2.69 bits per heavy atom. The van der Waals surface area contributed by atoms with Gasteiger partial charge in [-0.3, -0.25) is 4.79 Å². The Morgan fingerprint density at radius 1 is 1.19 bits per heavy atom. The fraction of sp³-hybridized carbons (Fsp3) is 0.263. The van der Waals surface area contributed by atoms with Crippen molar-refractivity contribution in [2.75, 3.05) is 13.2 Å². The van der Waals surface area contributed by atoms with Crippen LogP contribution in [0.4, 0.5) is 8.78 Å². The van der Waals surface area contributed by atoms with E-state index in [1.165, 1.54) is 23.4 Å². The van der Waals surface area contributed by atoms with Gasteiger partial charge in [-0.1, -0.05) is 41.6 Å². The number of hydrogen-bond donors (Lipinski definition) is 1. The smallest absolute Gasteiger partial charge is 0.387 e. The topological polar surface area (TPSA) is 59.9 Å². The molecule has 0 bridgehead atoms. The van der Waals surface area contributed by atoms with Crippen LogP contribution in [0, 0.1) is 6.92 Å². The summed E-state index contributed by atoms with van der Waals surface area (Å²) in [5.41, 5.74) is 2.67. The van der Waals surface area contributed by atoms with Gasteiger partial charge in [-0.05, 0) is 36.6 Å². The van der Waals surface area contributed by atoms with Crippen molar-refractivity contribution in [1.82, 2.24) is 5.32 Å². The zero-order valence-electron chi connectivity index (χ0n) is 14.3. The molecule has 5 nitrogen and oxygen atoms in total. The van der Waals surface area contributed by atoms with Crippen molar-refractivity contribution >= 4 is 12.1 Å². The Kier molecular flexibility index (Phi) is 7.54. The van der Waals surface area contributed by atoms with Crippen LogP contribution in [0.25, 0.3) is 0 Å². The second kappa shape index (κ2) is 10.1. The molecule has 0 heterocycles. The minimum Gasteiger partial charge on any atom is -0.434 e. The molecule has 1 N–H and O–H groups in total. The molecule has 0 saturated heterocycles. The number of para-hydroxylation sites is 1. The van der Waals surface area contributed by atoms with E-state index in [-0.39, 0.29) is 18.3 Å². The second-order valence-electron chi connectivity index (χ2n) is 5.45. The summed E-state index contributed by atoms with van der Waals surface area (Å²) in [6.45, 7) is -0.682. The van der Waals surface area contributed by atoms with E-state index in [1.54, 1.807) is 18.2 Å². The fourth-order valence-electron chi connectivity index (χ4n) is 2.26. The zero-order chi connectivity index (χ0) is 18.8. The zero-order valence-corrected chi connectivity index (χ0v) is 14.3. The fourth-order valence-corrected chi connectivity index (χ4v) is 2.26. The van der Waals surface area contributed by atoms with Crippen molar-refractivity contribution in [3.05, 3.63) is 65.2 Å². The summed E-state index contributed by atoms with van der Waals surface area (Å²) in [5, 5.41) is 6.35. The summed E-state index contributed by atoms with van der Waals surface area (Å²) in [7, 11) is 0. The van der Waals surface area contributed by atoms with E-state index in [1.807, 2.05) is 31.2 Å². The van der Waals surface area contributed by atoms with Gasteiger partial charge >= 0.3 is 6.61 Å². The Labute approximate surface area is 150 Å². The number of carbonyl (C=O) groups excluding carboxylic acids is 1. The van der Waals surface area contributed by atoms with Crippen LogP contribution in [0.3, 0.4) is 0 Å². The normalized spacial score (nSPS) is 10.9. The van der Waals surface area contributed by atoms with Gasteiger partial charge in [0.05, 0.1) is 6.21 Å². The minimum atomic E-state index is -2.93. The van der Waals surface area contributed by atoms with Crippen molar-refractivity contribution in [2.45, 2.75) is 20.0 Å². The lowest BCUT2D eigenvalue weighted by Crippen LogP contribution is -2.29. The SMILES string of the molecule is Cc1ccccc1CCNC(=O)CO/N=C/c1ccccc1OC(F)F. The number of benzene rings is 2. The maximum atomic E-state index is 12.3. The number of hydrogen-bond acceptors (Lipinski definition) is 4. The number of alkyl halides is 2. The van der Waals surface area contributed by atoms with Gasteiger partial charge in [-0.15, -0.1) is 0 Å². The molecule has 0 unspecified atom stereocenters. The van der Waals surface area contributed by atoms with Gasteiger partial charge in [-0.25, -0.2) is 0 Å². The van der Waals surface area contributed by atoms with Crippen LogP contribution in [0.15, 0.2) is 53.7 Å². The summed E-state index contributed by atoms with van der Waals surface area (Å²) in [6, 6.07) is 14.1. The summed E-state index contributed by atoms with van der Waals surface area (Å²) in [6.07, 6.45) is 1.94.